The maximum atomic E-state index is 11.5. The van der Waals surface area contributed by atoms with Crippen LogP contribution in [0.1, 0.15) is 5.56 Å². The second-order valence-corrected chi connectivity index (χ2v) is 3.48. The molecule has 0 aliphatic heterocycles. The van der Waals surface area contributed by atoms with E-state index >= 15 is 0 Å². The summed E-state index contributed by atoms with van der Waals surface area (Å²) in [6.07, 6.45) is 1.75. The Labute approximate surface area is 92.7 Å². The minimum Gasteiger partial charge on any atom is -0.284 e. The molecule has 1 aromatic heterocycles. The van der Waals surface area contributed by atoms with Crippen LogP contribution in [0.5, 0.6) is 0 Å². The molecule has 0 unspecified atom stereocenters. The summed E-state index contributed by atoms with van der Waals surface area (Å²) in [4.78, 5) is 11.5. The highest BCUT2D eigenvalue weighted by Gasteiger charge is 1.97. The van der Waals surface area contributed by atoms with Crippen LogP contribution in [0.3, 0.4) is 0 Å². The molecule has 0 aliphatic carbocycles. The molecule has 76 valence electrons. The number of hydrogen-bond donors (Lipinski definition) is 0. The first kappa shape index (κ1) is 9.99. The van der Waals surface area contributed by atoms with Crippen LogP contribution in [0.25, 0.3) is 5.69 Å². The number of aromatic nitrogens is 1. The van der Waals surface area contributed by atoms with Crippen molar-refractivity contribution in [3.63, 3.8) is 0 Å². The largest absolute Gasteiger partial charge is 0.284 e. The quantitative estimate of drug-likeness (QED) is 0.712. The molecule has 0 spiro atoms. The molecule has 1 heterocycles. The lowest BCUT2D eigenvalue weighted by molar-refractivity contribution is 0.989. The summed E-state index contributed by atoms with van der Waals surface area (Å²) in [5.74, 6) is 0.490. The van der Waals surface area contributed by atoms with Crippen LogP contribution in [0.2, 0.25) is 0 Å². The van der Waals surface area contributed by atoms with Gasteiger partial charge in [-0.1, -0.05) is 18.2 Å². The number of pyridine rings is 1. The minimum absolute atomic E-state index is 0.0314. The SMILES string of the molecule is O=c1ccccn1-c1ccc(CCl)cc1. The summed E-state index contributed by atoms with van der Waals surface area (Å²) in [7, 11) is 0. The molecule has 0 amide bonds. The van der Waals surface area contributed by atoms with Crippen LogP contribution >= 0.6 is 11.6 Å². The lowest BCUT2D eigenvalue weighted by Crippen LogP contribution is -2.15. The normalized spacial score (nSPS) is 10.2. The van der Waals surface area contributed by atoms with Crippen LogP contribution in [0.4, 0.5) is 0 Å². The van der Waals surface area contributed by atoms with Gasteiger partial charge >= 0.3 is 0 Å². The van der Waals surface area contributed by atoms with Crippen LogP contribution in [0, 0.1) is 0 Å². The van der Waals surface area contributed by atoms with E-state index in [1.165, 1.54) is 6.07 Å². The van der Waals surface area contributed by atoms with Gasteiger partial charge in [0.05, 0.1) is 0 Å². The lowest BCUT2D eigenvalue weighted by Gasteiger charge is -2.04. The molecule has 0 aliphatic rings. The molecule has 0 atom stereocenters. The smallest absolute Gasteiger partial charge is 0.255 e. The van der Waals surface area contributed by atoms with E-state index in [2.05, 4.69) is 0 Å². The van der Waals surface area contributed by atoms with E-state index in [1.54, 1.807) is 16.8 Å². The molecule has 0 radical (unpaired) electrons. The highest BCUT2D eigenvalue weighted by atomic mass is 35.5. The van der Waals surface area contributed by atoms with E-state index in [0.29, 0.717) is 5.88 Å². The predicted octanol–water partition coefficient (Wildman–Crippen LogP) is 2.58. The van der Waals surface area contributed by atoms with Gasteiger partial charge < -0.3 is 0 Å². The fraction of sp³-hybridized carbons (Fsp3) is 0.0833. The number of halogens is 1. The van der Waals surface area contributed by atoms with Gasteiger partial charge in [-0.15, -0.1) is 11.6 Å². The van der Waals surface area contributed by atoms with Crippen LogP contribution < -0.4 is 5.56 Å². The van der Waals surface area contributed by atoms with Gasteiger partial charge in [-0.3, -0.25) is 9.36 Å². The summed E-state index contributed by atoms with van der Waals surface area (Å²) < 4.78 is 1.60. The molecule has 0 bridgehead atoms. The maximum Gasteiger partial charge on any atom is 0.255 e. The first-order valence-corrected chi connectivity index (χ1v) is 5.17. The first-order valence-electron chi connectivity index (χ1n) is 4.64. The number of hydrogen-bond acceptors (Lipinski definition) is 1. The number of nitrogens with zero attached hydrogens (tertiary/aromatic N) is 1. The van der Waals surface area contributed by atoms with Crippen LogP contribution in [-0.2, 0) is 5.88 Å². The Balaban J connectivity index is 2.46. The van der Waals surface area contributed by atoms with Gasteiger partial charge in [-0.2, -0.15) is 0 Å². The maximum absolute atomic E-state index is 11.5. The molecule has 2 rings (SSSR count). The van der Waals surface area contributed by atoms with Crippen molar-refractivity contribution >= 4 is 11.6 Å². The zero-order chi connectivity index (χ0) is 10.7. The summed E-state index contributed by atoms with van der Waals surface area (Å²) in [6, 6.07) is 12.7. The molecule has 1 aromatic carbocycles. The second-order valence-electron chi connectivity index (χ2n) is 3.21. The standard InChI is InChI=1S/C12H10ClNO/c13-9-10-4-6-11(7-5-10)14-8-2-1-3-12(14)15/h1-8H,9H2. The predicted molar refractivity (Wildman–Crippen MR) is 61.6 cm³/mol. The van der Waals surface area contributed by atoms with Crippen molar-refractivity contribution in [2.75, 3.05) is 0 Å². The van der Waals surface area contributed by atoms with Crippen molar-refractivity contribution in [1.29, 1.82) is 0 Å². The van der Waals surface area contributed by atoms with Crippen molar-refractivity contribution in [3.05, 3.63) is 64.6 Å². The van der Waals surface area contributed by atoms with Crippen LogP contribution in [-0.4, -0.2) is 4.57 Å². The molecule has 15 heavy (non-hydrogen) atoms. The van der Waals surface area contributed by atoms with Gasteiger partial charge in [0.15, 0.2) is 0 Å². The van der Waals surface area contributed by atoms with Crippen molar-refractivity contribution < 1.29 is 0 Å². The Kier molecular flexibility index (Phi) is 2.88. The van der Waals surface area contributed by atoms with Gasteiger partial charge in [0, 0.05) is 23.8 Å². The van der Waals surface area contributed by atoms with Gasteiger partial charge in [0.2, 0.25) is 0 Å². The fourth-order valence-corrected chi connectivity index (χ4v) is 1.56. The lowest BCUT2D eigenvalue weighted by atomic mass is 10.2. The average molecular weight is 220 g/mol. The minimum atomic E-state index is -0.0314. The molecule has 0 fully saturated rings. The van der Waals surface area contributed by atoms with Gasteiger partial charge in [-0.05, 0) is 23.8 Å². The Morgan fingerprint density at radius 3 is 2.40 bits per heavy atom. The van der Waals surface area contributed by atoms with Gasteiger partial charge in [0.25, 0.3) is 5.56 Å². The van der Waals surface area contributed by atoms with Crippen molar-refractivity contribution in [1.82, 2.24) is 4.57 Å². The van der Waals surface area contributed by atoms with E-state index in [9.17, 15) is 4.79 Å². The topological polar surface area (TPSA) is 22.0 Å². The highest BCUT2D eigenvalue weighted by molar-refractivity contribution is 6.17. The Morgan fingerprint density at radius 1 is 1.07 bits per heavy atom. The van der Waals surface area contributed by atoms with Crippen LogP contribution in [0.15, 0.2) is 53.5 Å². The van der Waals surface area contributed by atoms with E-state index in [0.717, 1.165) is 11.3 Å². The number of rotatable bonds is 2. The van der Waals surface area contributed by atoms with E-state index < -0.39 is 0 Å². The molecule has 0 N–H and O–H groups in total. The Bertz CT molecular complexity index is 502. The molecular weight excluding hydrogens is 210 g/mol. The third kappa shape index (κ3) is 2.10. The zero-order valence-corrected chi connectivity index (χ0v) is 8.82. The summed E-state index contributed by atoms with van der Waals surface area (Å²) in [5.41, 5.74) is 1.87. The number of benzene rings is 1. The molecular formula is C12H10ClNO. The summed E-state index contributed by atoms with van der Waals surface area (Å²) in [6.45, 7) is 0. The zero-order valence-electron chi connectivity index (χ0n) is 8.06. The third-order valence-electron chi connectivity index (χ3n) is 2.19. The van der Waals surface area contributed by atoms with E-state index in [-0.39, 0.29) is 5.56 Å². The van der Waals surface area contributed by atoms with Gasteiger partial charge in [0.1, 0.15) is 0 Å². The third-order valence-corrected chi connectivity index (χ3v) is 2.50. The van der Waals surface area contributed by atoms with Crippen molar-refractivity contribution in [3.8, 4) is 5.69 Å². The summed E-state index contributed by atoms with van der Waals surface area (Å²) >= 11 is 5.69. The monoisotopic (exact) mass is 219 g/mol. The summed E-state index contributed by atoms with van der Waals surface area (Å²) in [5, 5.41) is 0. The molecule has 2 nitrogen and oxygen atoms in total. The Morgan fingerprint density at radius 2 is 1.80 bits per heavy atom. The van der Waals surface area contributed by atoms with Crippen molar-refractivity contribution in [2.24, 2.45) is 0 Å². The number of alkyl halides is 1. The van der Waals surface area contributed by atoms with E-state index in [1.807, 2.05) is 30.3 Å². The van der Waals surface area contributed by atoms with Crippen molar-refractivity contribution in [2.45, 2.75) is 5.88 Å². The molecule has 2 aromatic rings. The average Bonchev–Trinajstić information content (AvgIpc) is 2.30. The Hall–Kier alpha value is -1.54. The highest BCUT2D eigenvalue weighted by Crippen LogP contribution is 2.09. The molecule has 0 saturated heterocycles. The molecule has 0 saturated carbocycles. The first-order chi connectivity index (χ1) is 7.31. The van der Waals surface area contributed by atoms with Gasteiger partial charge in [-0.25, -0.2) is 0 Å². The fourth-order valence-electron chi connectivity index (χ4n) is 1.39. The molecule has 3 heteroatoms. The second kappa shape index (κ2) is 4.32. The van der Waals surface area contributed by atoms with E-state index in [4.69, 9.17) is 11.6 Å².